The lowest BCUT2D eigenvalue weighted by Crippen LogP contribution is -2.23. The molecule has 2 rings (SSSR count). The van der Waals surface area contributed by atoms with E-state index in [0.717, 1.165) is 18.8 Å². The lowest BCUT2D eigenvalue weighted by atomic mass is 10.3. The maximum atomic E-state index is 9.39. The Kier molecular flexibility index (Phi) is 2.56. The van der Waals surface area contributed by atoms with Gasteiger partial charge in [0, 0.05) is 13.1 Å². The smallest absolute Gasteiger partial charge is 0.148 e. The molecule has 3 N–H and O–H groups in total. The summed E-state index contributed by atoms with van der Waals surface area (Å²) in [6.07, 6.45) is 1.94. The number of aliphatic hydroxyl groups is 1. The van der Waals surface area contributed by atoms with E-state index in [1.54, 1.807) is 0 Å². The molecule has 1 aromatic heterocycles. The summed E-state index contributed by atoms with van der Waals surface area (Å²) < 4.78 is 0.703. The Hall–Kier alpha value is -0.880. The molecular weight excluding hydrogens is 248 g/mol. The van der Waals surface area contributed by atoms with Gasteiger partial charge in [-0.15, -0.1) is 0 Å². The lowest BCUT2D eigenvalue weighted by molar-refractivity contribution is 0.198. The molecule has 1 aromatic rings. The topological polar surface area (TPSA) is 75.3 Å². The second-order valence-corrected chi connectivity index (χ2v) is 4.08. The van der Waals surface area contributed by atoms with E-state index in [1.165, 1.54) is 6.33 Å². The summed E-state index contributed by atoms with van der Waals surface area (Å²) >= 11 is 3.34. The number of aliphatic hydroxyl groups excluding tert-OH is 1. The molecule has 1 aliphatic rings. The van der Waals surface area contributed by atoms with Crippen molar-refractivity contribution in [3.05, 3.63) is 10.8 Å². The minimum Gasteiger partial charge on any atom is -0.391 e. The normalized spacial score (nSPS) is 21.6. The zero-order chi connectivity index (χ0) is 10.1. The fraction of sp³-hybridized carbons (Fsp3) is 0.500. The summed E-state index contributed by atoms with van der Waals surface area (Å²) in [6.45, 7) is 1.41. The van der Waals surface area contributed by atoms with Crippen molar-refractivity contribution in [2.75, 3.05) is 23.7 Å². The van der Waals surface area contributed by atoms with Gasteiger partial charge in [0.15, 0.2) is 0 Å². The molecule has 5 nitrogen and oxygen atoms in total. The van der Waals surface area contributed by atoms with Gasteiger partial charge >= 0.3 is 0 Å². The number of halogens is 1. The number of nitrogens with two attached hydrogens (primary N) is 1. The van der Waals surface area contributed by atoms with Crippen LogP contribution in [0.15, 0.2) is 10.8 Å². The van der Waals surface area contributed by atoms with Gasteiger partial charge in [-0.1, -0.05) is 0 Å². The fourth-order valence-electron chi connectivity index (χ4n) is 1.53. The van der Waals surface area contributed by atoms with Crippen LogP contribution >= 0.6 is 15.9 Å². The quantitative estimate of drug-likeness (QED) is 0.763. The SMILES string of the molecule is Nc1ncnc(N2CCC(O)C2)c1Br. The molecule has 0 amide bonds. The molecule has 14 heavy (non-hydrogen) atoms. The van der Waals surface area contributed by atoms with Crippen LogP contribution in [0, 0.1) is 0 Å². The molecule has 0 aromatic carbocycles. The zero-order valence-corrected chi connectivity index (χ0v) is 9.11. The summed E-state index contributed by atoms with van der Waals surface area (Å²) in [7, 11) is 0. The Morgan fingerprint density at radius 1 is 1.57 bits per heavy atom. The first kappa shape index (κ1) is 9.67. The van der Waals surface area contributed by atoms with E-state index in [9.17, 15) is 5.11 Å². The Bertz CT molecular complexity index is 346. The molecular formula is C8H11BrN4O. The highest BCUT2D eigenvalue weighted by Crippen LogP contribution is 2.29. The second-order valence-electron chi connectivity index (χ2n) is 3.29. The molecule has 1 fully saturated rings. The van der Waals surface area contributed by atoms with Crippen molar-refractivity contribution < 1.29 is 5.11 Å². The van der Waals surface area contributed by atoms with Gasteiger partial charge in [0.25, 0.3) is 0 Å². The third-order valence-electron chi connectivity index (χ3n) is 2.26. The van der Waals surface area contributed by atoms with E-state index in [-0.39, 0.29) is 6.10 Å². The molecule has 0 spiro atoms. The molecule has 0 radical (unpaired) electrons. The molecule has 76 valence electrons. The van der Waals surface area contributed by atoms with Gasteiger partial charge < -0.3 is 15.7 Å². The summed E-state index contributed by atoms with van der Waals surface area (Å²) in [6, 6.07) is 0. The molecule has 0 saturated carbocycles. The predicted octanol–water partition coefficient (Wildman–Crippen LogP) is 0.392. The third-order valence-corrected chi connectivity index (χ3v) is 3.02. The highest BCUT2D eigenvalue weighted by Gasteiger charge is 2.23. The number of aromatic nitrogens is 2. The van der Waals surface area contributed by atoms with Crippen LogP contribution < -0.4 is 10.6 Å². The van der Waals surface area contributed by atoms with Crippen LogP contribution in [0.3, 0.4) is 0 Å². The largest absolute Gasteiger partial charge is 0.391 e. The van der Waals surface area contributed by atoms with Gasteiger partial charge in [-0.25, -0.2) is 9.97 Å². The zero-order valence-electron chi connectivity index (χ0n) is 7.52. The average molecular weight is 259 g/mol. The number of anilines is 2. The Morgan fingerprint density at radius 3 is 3.00 bits per heavy atom. The predicted molar refractivity (Wildman–Crippen MR) is 57.0 cm³/mol. The van der Waals surface area contributed by atoms with Crippen LogP contribution in [-0.2, 0) is 0 Å². The van der Waals surface area contributed by atoms with Crippen molar-refractivity contribution in [2.45, 2.75) is 12.5 Å². The van der Waals surface area contributed by atoms with E-state index in [4.69, 9.17) is 5.73 Å². The molecule has 0 bridgehead atoms. The van der Waals surface area contributed by atoms with Crippen molar-refractivity contribution in [1.82, 2.24) is 9.97 Å². The van der Waals surface area contributed by atoms with Crippen LogP contribution in [0.5, 0.6) is 0 Å². The first-order chi connectivity index (χ1) is 6.68. The van der Waals surface area contributed by atoms with Gasteiger partial charge in [0.2, 0.25) is 0 Å². The second kappa shape index (κ2) is 3.70. The van der Waals surface area contributed by atoms with Gasteiger partial charge in [-0.05, 0) is 22.4 Å². The van der Waals surface area contributed by atoms with Crippen molar-refractivity contribution in [3.8, 4) is 0 Å². The van der Waals surface area contributed by atoms with E-state index in [1.807, 2.05) is 4.90 Å². The number of rotatable bonds is 1. The fourth-order valence-corrected chi connectivity index (χ4v) is 1.98. The molecule has 1 atom stereocenters. The van der Waals surface area contributed by atoms with Gasteiger partial charge in [0.1, 0.15) is 22.4 Å². The standard InChI is InChI=1S/C8H11BrN4O/c9-6-7(10)11-4-12-8(6)13-2-1-5(14)3-13/h4-5,14H,1-3H2,(H2,10,11,12). The van der Waals surface area contributed by atoms with Crippen LogP contribution in [0.2, 0.25) is 0 Å². The summed E-state index contributed by atoms with van der Waals surface area (Å²) in [5.41, 5.74) is 5.64. The number of hydrogen-bond donors (Lipinski definition) is 2. The molecule has 2 heterocycles. The first-order valence-electron chi connectivity index (χ1n) is 4.37. The third kappa shape index (κ3) is 1.67. The Labute approximate surface area is 90.1 Å². The molecule has 1 unspecified atom stereocenters. The monoisotopic (exact) mass is 258 g/mol. The molecule has 0 aliphatic carbocycles. The summed E-state index contributed by atoms with van der Waals surface area (Å²) in [5, 5.41) is 9.39. The van der Waals surface area contributed by atoms with Gasteiger partial charge in [-0.2, -0.15) is 0 Å². The minimum absolute atomic E-state index is 0.266. The van der Waals surface area contributed by atoms with E-state index >= 15 is 0 Å². The van der Waals surface area contributed by atoms with Crippen molar-refractivity contribution >= 4 is 27.6 Å². The number of β-amino-alcohol motifs (C(OH)–C–C–N with tert-alkyl or cyclic N) is 1. The van der Waals surface area contributed by atoms with Crippen LogP contribution in [0.25, 0.3) is 0 Å². The van der Waals surface area contributed by atoms with Crippen LogP contribution in [-0.4, -0.2) is 34.3 Å². The van der Waals surface area contributed by atoms with Crippen molar-refractivity contribution in [3.63, 3.8) is 0 Å². The number of nitrogen functional groups attached to an aromatic ring is 1. The Balaban J connectivity index is 2.28. The number of hydrogen-bond acceptors (Lipinski definition) is 5. The average Bonchev–Trinajstić information content (AvgIpc) is 2.57. The number of nitrogens with zero attached hydrogens (tertiary/aromatic N) is 3. The molecule has 1 saturated heterocycles. The van der Waals surface area contributed by atoms with E-state index in [0.29, 0.717) is 16.8 Å². The lowest BCUT2D eigenvalue weighted by Gasteiger charge is -2.17. The molecule has 1 aliphatic heterocycles. The van der Waals surface area contributed by atoms with Crippen molar-refractivity contribution in [1.29, 1.82) is 0 Å². The highest BCUT2D eigenvalue weighted by atomic mass is 79.9. The van der Waals surface area contributed by atoms with E-state index < -0.39 is 0 Å². The minimum atomic E-state index is -0.266. The van der Waals surface area contributed by atoms with Gasteiger partial charge in [0.05, 0.1) is 6.10 Å². The van der Waals surface area contributed by atoms with Crippen LogP contribution in [0.1, 0.15) is 6.42 Å². The summed E-state index contributed by atoms with van der Waals surface area (Å²) in [4.78, 5) is 9.99. The Morgan fingerprint density at radius 2 is 2.36 bits per heavy atom. The van der Waals surface area contributed by atoms with Crippen LogP contribution in [0.4, 0.5) is 11.6 Å². The van der Waals surface area contributed by atoms with E-state index in [2.05, 4.69) is 25.9 Å². The maximum absolute atomic E-state index is 9.39. The molecule has 6 heteroatoms. The van der Waals surface area contributed by atoms with Gasteiger partial charge in [-0.3, -0.25) is 0 Å². The van der Waals surface area contributed by atoms with Crippen molar-refractivity contribution in [2.24, 2.45) is 0 Å². The highest BCUT2D eigenvalue weighted by molar-refractivity contribution is 9.10. The maximum Gasteiger partial charge on any atom is 0.148 e. The summed E-state index contributed by atoms with van der Waals surface area (Å²) in [5.74, 6) is 1.19. The first-order valence-corrected chi connectivity index (χ1v) is 5.17.